The molecule has 1 aromatic rings. The molecule has 0 atom stereocenters. The third kappa shape index (κ3) is 6.11. The zero-order chi connectivity index (χ0) is 20.9. The molecular formula is C19H29N5O4. The lowest BCUT2D eigenvalue weighted by Gasteiger charge is -2.32. The molecule has 2 rings (SSSR count). The first-order valence-electron chi connectivity index (χ1n) is 9.37. The van der Waals surface area contributed by atoms with E-state index in [9.17, 15) is 14.4 Å². The Kier molecular flexibility index (Phi) is 6.82. The van der Waals surface area contributed by atoms with E-state index in [1.165, 1.54) is 6.07 Å². The summed E-state index contributed by atoms with van der Waals surface area (Å²) in [5.74, 6) is -0.587. The summed E-state index contributed by atoms with van der Waals surface area (Å²) in [5, 5.41) is 12.1. The van der Waals surface area contributed by atoms with Gasteiger partial charge in [-0.1, -0.05) is 6.08 Å². The molecule has 1 aliphatic heterocycles. The van der Waals surface area contributed by atoms with Gasteiger partial charge in [0, 0.05) is 30.9 Å². The largest absolute Gasteiger partial charge is 0.444 e. The van der Waals surface area contributed by atoms with Crippen LogP contribution in [0.15, 0.2) is 17.8 Å². The number of likely N-dealkylation sites (tertiary alicyclic amines) is 1. The number of amides is 3. The molecular weight excluding hydrogens is 362 g/mol. The summed E-state index contributed by atoms with van der Waals surface area (Å²) in [7, 11) is 0. The Morgan fingerprint density at radius 2 is 1.93 bits per heavy atom. The van der Waals surface area contributed by atoms with Crippen molar-refractivity contribution in [1.29, 1.82) is 0 Å². The minimum atomic E-state index is -0.545. The number of aromatic amines is 1. The van der Waals surface area contributed by atoms with E-state index >= 15 is 0 Å². The molecule has 0 aliphatic carbocycles. The molecule has 2 heterocycles. The van der Waals surface area contributed by atoms with E-state index in [0.29, 0.717) is 31.6 Å². The van der Waals surface area contributed by atoms with Crippen molar-refractivity contribution in [2.24, 2.45) is 0 Å². The zero-order valence-corrected chi connectivity index (χ0v) is 17.1. The molecule has 0 bridgehead atoms. The van der Waals surface area contributed by atoms with Crippen molar-refractivity contribution in [2.45, 2.75) is 59.1 Å². The number of rotatable bonds is 4. The first kappa shape index (κ1) is 21.5. The standard InChI is InChI=1S/C19H29N5O4/c1-6-12(2)20-16(25)14-11-15(23-22-14)17(26)24-9-7-13(8-10-24)21-18(27)28-19(3,4)5/h6,11,13H,7-10H2,1-5H3,(H,20,25)(H,21,27)(H,22,23)/b12-6+. The van der Waals surface area contributed by atoms with Crippen LogP contribution in [0.25, 0.3) is 0 Å². The summed E-state index contributed by atoms with van der Waals surface area (Å²) >= 11 is 0. The summed E-state index contributed by atoms with van der Waals surface area (Å²) in [6, 6.07) is 1.41. The van der Waals surface area contributed by atoms with Crippen molar-refractivity contribution < 1.29 is 19.1 Å². The van der Waals surface area contributed by atoms with Crippen LogP contribution in [0.5, 0.6) is 0 Å². The first-order valence-corrected chi connectivity index (χ1v) is 9.37. The van der Waals surface area contributed by atoms with Crippen molar-refractivity contribution in [3.05, 3.63) is 29.2 Å². The van der Waals surface area contributed by atoms with E-state index in [2.05, 4.69) is 20.8 Å². The Morgan fingerprint density at radius 1 is 1.29 bits per heavy atom. The molecule has 1 aromatic heterocycles. The van der Waals surface area contributed by atoms with Gasteiger partial charge in [-0.25, -0.2) is 4.79 Å². The molecule has 154 valence electrons. The topological polar surface area (TPSA) is 116 Å². The molecule has 0 saturated carbocycles. The lowest BCUT2D eigenvalue weighted by molar-refractivity contribution is 0.0473. The van der Waals surface area contributed by atoms with Crippen molar-refractivity contribution in [1.82, 2.24) is 25.7 Å². The number of carbonyl (C=O) groups excluding carboxylic acids is 3. The number of H-pyrrole nitrogens is 1. The SMILES string of the molecule is C/C=C(\C)NC(=O)c1cc(C(=O)N2CCC(NC(=O)OC(C)(C)C)CC2)[nH]n1. The Hall–Kier alpha value is -2.84. The quantitative estimate of drug-likeness (QED) is 0.727. The van der Waals surface area contributed by atoms with Gasteiger partial charge in [0.2, 0.25) is 0 Å². The van der Waals surface area contributed by atoms with Crippen LogP contribution in [-0.2, 0) is 4.74 Å². The smallest absolute Gasteiger partial charge is 0.407 e. The van der Waals surface area contributed by atoms with Crippen molar-refractivity contribution in [3.8, 4) is 0 Å². The number of ether oxygens (including phenoxy) is 1. The molecule has 1 saturated heterocycles. The predicted octanol–water partition coefficient (Wildman–Crippen LogP) is 2.19. The van der Waals surface area contributed by atoms with Gasteiger partial charge in [0.15, 0.2) is 5.69 Å². The van der Waals surface area contributed by atoms with E-state index in [1.807, 2.05) is 27.7 Å². The van der Waals surface area contributed by atoms with E-state index in [1.54, 1.807) is 17.9 Å². The number of carbonyl (C=O) groups is 3. The summed E-state index contributed by atoms with van der Waals surface area (Å²) in [5.41, 5.74) is 0.588. The van der Waals surface area contributed by atoms with Gasteiger partial charge in [-0.3, -0.25) is 14.7 Å². The summed E-state index contributed by atoms with van der Waals surface area (Å²) in [6.07, 6.45) is 2.59. The molecule has 0 radical (unpaired) electrons. The van der Waals surface area contributed by atoms with Gasteiger partial charge in [-0.15, -0.1) is 0 Å². The van der Waals surface area contributed by atoms with Crippen molar-refractivity contribution in [2.75, 3.05) is 13.1 Å². The number of aromatic nitrogens is 2. The Balaban J connectivity index is 1.87. The van der Waals surface area contributed by atoms with Crippen LogP contribution in [-0.4, -0.2) is 57.7 Å². The molecule has 3 N–H and O–H groups in total. The van der Waals surface area contributed by atoms with Crippen LogP contribution < -0.4 is 10.6 Å². The van der Waals surface area contributed by atoms with Gasteiger partial charge < -0.3 is 20.3 Å². The molecule has 3 amide bonds. The van der Waals surface area contributed by atoms with Gasteiger partial charge in [-0.05, 0) is 47.5 Å². The molecule has 0 spiro atoms. The van der Waals surface area contributed by atoms with Crippen molar-refractivity contribution in [3.63, 3.8) is 0 Å². The number of hydrogen-bond acceptors (Lipinski definition) is 5. The van der Waals surface area contributed by atoms with Gasteiger partial charge in [-0.2, -0.15) is 5.10 Å². The van der Waals surface area contributed by atoms with E-state index < -0.39 is 11.7 Å². The van der Waals surface area contributed by atoms with Crippen LogP contribution in [0.3, 0.4) is 0 Å². The number of nitrogens with zero attached hydrogens (tertiary/aromatic N) is 2. The molecule has 9 heteroatoms. The van der Waals surface area contributed by atoms with E-state index in [4.69, 9.17) is 4.74 Å². The first-order chi connectivity index (χ1) is 13.1. The highest BCUT2D eigenvalue weighted by Crippen LogP contribution is 2.15. The lowest BCUT2D eigenvalue weighted by Crippen LogP contribution is -2.47. The van der Waals surface area contributed by atoms with Crippen molar-refractivity contribution >= 4 is 17.9 Å². The van der Waals surface area contributed by atoms with E-state index in [0.717, 1.165) is 0 Å². The van der Waals surface area contributed by atoms with Gasteiger partial charge in [0.25, 0.3) is 11.8 Å². The number of alkyl carbamates (subject to hydrolysis) is 1. The molecule has 1 fully saturated rings. The maximum Gasteiger partial charge on any atom is 0.407 e. The molecule has 1 aliphatic rings. The van der Waals surface area contributed by atoms with Crippen LogP contribution in [0.4, 0.5) is 4.79 Å². The number of hydrogen-bond donors (Lipinski definition) is 3. The highest BCUT2D eigenvalue weighted by Gasteiger charge is 2.27. The highest BCUT2D eigenvalue weighted by molar-refractivity contribution is 5.98. The molecule has 28 heavy (non-hydrogen) atoms. The Labute approximate surface area is 164 Å². The third-order valence-electron chi connectivity index (χ3n) is 4.29. The predicted molar refractivity (Wildman–Crippen MR) is 104 cm³/mol. The monoisotopic (exact) mass is 391 g/mol. The van der Waals surface area contributed by atoms with Crippen LogP contribution in [0, 0.1) is 0 Å². The second-order valence-electron chi connectivity index (χ2n) is 7.81. The van der Waals surface area contributed by atoms with Crippen LogP contribution >= 0.6 is 0 Å². The molecule has 0 aromatic carbocycles. The molecule has 0 unspecified atom stereocenters. The average Bonchev–Trinajstić information content (AvgIpc) is 3.10. The second kappa shape index (κ2) is 8.90. The number of piperidine rings is 1. The fourth-order valence-corrected chi connectivity index (χ4v) is 2.73. The molecule has 9 nitrogen and oxygen atoms in total. The number of nitrogens with one attached hydrogen (secondary N) is 3. The summed E-state index contributed by atoms with van der Waals surface area (Å²) < 4.78 is 5.26. The van der Waals surface area contributed by atoms with Gasteiger partial charge in [0.05, 0.1) is 0 Å². The minimum absolute atomic E-state index is 0.0363. The number of allylic oxidation sites excluding steroid dienone is 2. The maximum atomic E-state index is 12.6. The van der Waals surface area contributed by atoms with Crippen LogP contribution in [0.1, 0.15) is 68.4 Å². The fraction of sp³-hybridized carbons (Fsp3) is 0.579. The summed E-state index contributed by atoms with van der Waals surface area (Å²) in [6.45, 7) is 10.0. The highest BCUT2D eigenvalue weighted by atomic mass is 16.6. The third-order valence-corrected chi connectivity index (χ3v) is 4.29. The average molecular weight is 391 g/mol. The Morgan fingerprint density at radius 3 is 2.50 bits per heavy atom. The Bertz CT molecular complexity index is 755. The van der Waals surface area contributed by atoms with Gasteiger partial charge in [0.1, 0.15) is 11.3 Å². The second-order valence-corrected chi connectivity index (χ2v) is 7.81. The zero-order valence-electron chi connectivity index (χ0n) is 17.1. The van der Waals surface area contributed by atoms with Crippen LogP contribution in [0.2, 0.25) is 0 Å². The van der Waals surface area contributed by atoms with Gasteiger partial charge >= 0.3 is 6.09 Å². The summed E-state index contributed by atoms with van der Waals surface area (Å²) in [4.78, 5) is 38.2. The lowest BCUT2D eigenvalue weighted by atomic mass is 10.0. The maximum absolute atomic E-state index is 12.6. The minimum Gasteiger partial charge on any atom is -0.444 e. The van der Waals surface area contributed by atoms with E-state index in [-0.39, 0.29) is 29.2 Å². The normalized spacial score (nSPS) is 15.9. The fourth-order valence-electron chi connectivity index (χ4n) is 2.73.